The lowest BCUT2D eigenvalue weighted by atomic mass is 10.1. The van der Waals surface area contributed by atoms with Crippen molar-refractivity contribution in [3.8, 4) is 0 Å². The lowest BCUT2D eigenvalue weighted by Crippen LogP contribution is -2.49. The maximum Gasteiger partial charge on any atom is 0.532 e. The molecule has 1 rings (SSSR count). The molecule has 1 aliphatic rings. The molecule has 82 valence electrons. The largest absolute Gasteiger partial charge is 0.532 e. The molecule has 0 fully saturated rings. The Morgan fingerprint density at radius 1 is 1.07 bits per heavy atom. The SMILES string of the molecule is CCO[Si](OCC)(OCC)C1=CCC1. The topological polar surface area (TPSA) is 27.7 Å². The van der Waals surface area contributed by atoms with Gasteiger partial charge in [0.1, 0.15) is 0 Å². The fourth-order valence-corrected chi connectivity index (χ4v) is 4.33. The van der Waals surface area contributed by atoms with Gasteiger partial charge in [-0.3, -0.25) is 0 Å². The van der Waals surface area contributed by atoms with Crippen LogP contribution in [0.1, 0.15) is 33.6 Å². The van der Waals surface area contributed by atoms with E-state index in [0.29, 0.717) is 19.8 Å². The second-order valence-electron chi connectivity index (χ2n) is 3.12. The minimum absolute atomic E-state index is 0.656. The Kier molecular flexibility index (Phi) is 4.81. The van der Waals surface area contributed by atoms with Gasteiger partial charge in [0.05, 0.1) is 0 Å². The summed E-state index contributed by atoms with van der Waals surface area (Å²) in [5.41, 5.74) is 0. The standard InChI is InChI=1S/C10H20O3Si/c1-4-11-14(12-5-2,13-6-3)10-8-7-9-10/h8H,4-7,9H2,1-3H3. The molecule has 0 aliphatic heterocycles. The van der Waals surface area contributed by atoms with Crippen molar-refractivity contribution in [2.45, 2.75) is 33.6 Å². The van der Waals surface area contributed by atoms with E-state index in [1.165, 1.54) is 5.20 Å². The van der Waals surface area contributed by atoms with E-state index in [-0.39, 0.29) is 0 Å². The fourth-order valence-electron chi connectivity index (χ4n) is 1.54. The van der Waals surface area contributed by atoms with Crippen LogP contribution in [0.15, 0.2) is 11.3 Å². The number of hydrogen-bond acceptors (Lipinski definition) is 3. The molecule has 0 unspecified atom stereocenters. The van der Waals surface area contributed by atoms with Crippen LogP contribution in [-0.2, 0) is 13.3 Å². The lowest BCUT2D eigenvalue weighted by Gasteiger charge is -2.33. The molecular formula is C10H20O3Si. The second-order valence-corrected chi connectivity index (χ2v) is 5.74. The van der Waals surface area contributed by atoms with E-state index in [1.54, 1.807) is 0 Å². The molecule has 0 aromatic carbocycles. The minimum Gasteiger partial charge on any atom is -0.370 e. The lowest BCUT2D eigenvalue weighted by molar-refractivity contribution is 0.0787. The fraction of sp³-hybridized carbons (Fsp3) is 0.800. The summed E-state index contributed by atoms with van der Waals surface area (Å²) >= 11 is 0. The van der Waals surface area contributed by atoms with E-state index in [4.69, 9.17) is 13.3 Å². The summed E-state index contributed by atoms with van der Waals surface area (Å²) in [6, 6.07) is 0. The normalized spacial score (nSPS) is 16.4. The van der Waals surface area contributed by atoms with Crippen LogP contribution < -0.4 is 0 Å². The molecule has 0 spiro atoms. The van der Waals surface area contributed by atoms with Crippen molar-refractivity contribution < 1.29 is 13.3 Å². The van der Waals surface area contributed by atoms with Crippen LogP contribution in [0.4, 0.5) is 0 Å². The van der Waals surface area contributed by atoms with Gasteiger partial charge < -0.3 is 13.3 Å². The van der Waals surface area contributed by atoms with Gasteiger partial charge in [-0.2, -0.15) is 0 Å². The molecule has 0 radical (unpaired) electrons. The van der Waals surface area contributed by atoms with Gasteiger partial charge in [-0.25, -0.2) is 0 Å². The molecule has 4 heteroatoms. The molecule has 0 aromatic rings. The van der Waals surface area contributed by atoms with Crippen LogP contribution >= 0.6 is 0 Å². The Bertz CT molecular complexity index is 187. The zero-order chi connectivity index (χ0) is 10.4. The number of rotatable bonds is 7. The second kappa shape index (κ2) is 5.65. The van der Waals surface area contributed by atoms with Gasteiger partial charge >= 0.3 is 8.80 Å². The first kappa shape index (κ1) is 11.9. The number of allylic oxidation sites excluding steroid dienone is 2. The van der Waals surface area contributed by atoms with E-state index in [9.17, 15) is 0 Å². The summed E-state index contributed by atoms with van der Waals surface area (Å²) < 4.78 is 17.2. The van der Waals surface area contributed by atoms with Gasteiger partial charge in [-0.1, -0.05) is 6.08 Å². The maximum absolute atomic E-state index is 5.74. The highest BCUT2D eigenvalue weighted by Crippen LogP contribution is 2.30. The van der Waals surface area contributed by atoms with Crippen LogP contribution in [-0.4, -0.2) is 28.6 Å². The highest BCUT2D eigenvalue weighted by Gasteiger charge is 2.46. The average Bonchev–Trinajstić information content (AvgIpc) is 2.02. The molecule has 0 atom stereocenters. The van der Waals surface area contributed by atoms with Crippen LogP contribution in [0.25, 0.3) is 0 Å². The molecule has 0 saturated heterocycles. The average molecular weight is 216 g/mol. The molecule has 0 aromatic heterocycles. The van der Waals surface area contributed by atoms with Crippen molar-refractivity contribution in [2.75, 3.05) is 19.8 Å². The zero-order valence-electron chi connectivity index (χ0n) is 9.34. The smallest absolute Gasteiger partial charge is 0.370 e. The zero-order valence-corrected chi connectivity index (χ0v) is 10.3. The Labute approximate surface area is 87.4 Å². The number of hydrogen-bond donors (Lipinski definition) is 0. The van der Waals surface area contributed by atoms with Crippen molar-refractivity contribution in [1.82, 2.24) is 0 Å². The first-order chi connectivity index (χ1) is 6.79. The molecule has 14 heavy (non-hydrogen) atoms. The van der Waals surface area contributed by atoms with Crippen molar-refractivity contribution in [1.29, 1.82) is 0 Å². The highest BCUT2D eigenvalue weighted by molar-refractivity contribution is 6.69. The van der Waals surface area contributed by atoms with E-state index >= 15 is 0 Å². The van der Waals surface area contributed by atoms with Gasteiger partial charge in [0.15, 0.2) is 0 Å². The molecule has 0 heterocycles. The predicted molar refractivity (Wildman–Crippen MR) is 57.9 cm³/mol. The molecule has 0 bridgehead atoms. The Morgan fingerprint density at radius 2 is 1.50 bits per heavy atom. The molecule has 0 saturated carbocycles. The van der Waals surface area contributed by atoms with Crippen molar-refractivity contribution in [3.05, 3.63) is 11.3 Å². The summed E-state index contributed by atoms with van der Waals surface area (Å²) in [6.07, 6.45) is 4.40. The van der Waals surface area contributed by atoms with Gasteiger partial charge in [-0.05, 0) is 38.8 Å². The predicted octanol–water partition coefficient (Wildman–Crippen LogP) is 2.29. The van der Waals surface area contributed by atoms with Crippen LogP contribution in [0.2, 0.25) is 0 Å². The highest BCUT2D eigenvalue weighted by atomic mass is 28.4. The molecule has 0 amide bonds. The molecular weight excluding hydrogens is 196 g/mol. The van der Waals surface area contributed by atoms with Gasteiger partial charge in [0.25, 0.3) is 0 Å². The van der Waals surface area contributed by atoms with Crippen LogP contribution in [0.3, 0.4) is 0 Å². The summed E-state index contributed by atoms with van der Waals surface area (Å²) in [5.74, 6) is 0. The minimum atomic E-state index is -2.45. The summed E-state index contributed by atoms with van der Waals surface area (Å²) in [7, 11) is -2.45. The first-order valence-electron chi connectivity index (χ1n) is 5.40. The monoisotopic (exact) mass is 216 g/mol. The van der Waals surface area contributed by atoms with E-state index < -0.39 is 8.80 Å². The van der Waals surface area contributed by atoms with E-state index in [0.717, 1.165) is 12.8 Å². The summed E-state index contributed by atoms with van der Waals surface area (Å²) in [4.78, 5) is 0. The van der Waals surface area contributed by atoms with Crippen LogP contribution in [0.5, 0.6) is 0 Å². The van der Waals surface area contributed by atoms with Crippen molar-refractivity contribution in [2.24, 2.45) is 0 Å². The third kappa shape index (κ3) is 2.45. The molecule has 1 aliphatic carbocycles. The van der Waals surface area contributed by atoms with Crippen molar-refractivity contribution >= 4 is 8.80 Å². The third-order valence-corrected chi connectivity index (χ3v) is 5.45. The van der Waals surface area contributed by atoms with Crippen LogP contribution in [0, 0.1) is 0 Å². The third-order valence-electron chi connectivity index (χ3n) is 2.20. The van der Waals surface area contributed by atoms with E-state index in [1.807, 2.05) is 20.8 Å². The first-order valence-corrected chi connectivity index (χ1v) is 7.12. The Hall–Kier alpha value is -0.163. The van der Waals surface area contributed by atoms with Crippen molar-refractivity contribution in [3.63, 3.8) is 0 Å². The molecule has 3 nitrogen and oxygen atoms in total. The van der Waals surface area contributed by atoms with Gasteiger partial charge in [0, 0.05) is 19.8 Å². The maximum atomic E-state index is 5.74. The Balaban J connectivity index is 2.71. The van der Waals surface area contributed by atoms with Gasteiger partial charge in [-0.15, -0.1) is 0 Å². The summed E-state index contributed by atoms with van der Waals surface area (Å²) in [5, 5.41) is 1.27. The summed E-state index contributed by atoms with van der Waals surface area (Å²) in [6.45, 7) is 7.92. The van der Waals surface area contributed by atoms with Gasteiger partial charge in [0.2, 0.25) is 0 Å². The quantitative estimate of drug-likeness (QED) is 0.611. The molecule has 0 N–H and O–H groups in total. The van der Waals surface area contributed by atoms with E-state index in [2.05, 4.69) is 6.08 Å². The Morgan fingerprint density at radius 3 is 1.71 bits per heavy atom.